The first-order chi connectivity index (χ1) is 8.15. The average molecular weight is 357 g/mol. The van der Waals surface area contributed by atoms with Gasteiger partial charge in [-0.05, 0) is 47.1 Å². The minimum Gasteiger partial charge on any atom is -0.378 e. The van der Waals surface area contributed by atoms with E-state index in [1.165, 1.54) is 0 Å². The Kier molecular flexibility index (Phi) is 4.12. The van der Waals surface area contributed by atoms with Gasteiger partial charge in [0.1, 0.15) is 5.82 Å². The van der Waals surface area contributed by atoms with Crippen molar-refractivity contribution in [3.05, 3.63) is 50.9 Å². The molecule has 0 radical (unpaired) electrons. The number of benzene rings is 1. The monoisotopic (exact) mass is 355 g/mol. The molecule has 0 unspecified atom stereocenters. The van der Waals surface area contributed by atoms with E-state index in [9.17, 15) is 0 Å². The van der Waals surface area contributed by atoms with Gasteiger partial charge in [-0.15, -0.1) is 0 Å². The minimum absolute atomic E-state index is 0.679. The topological polar surface area (TPSA) is 37.8 Å². The maximum Gasteiger partial charge on any atom is 0.125 e. The smallest absolute Gasteiger partial charge is 0.125 e. The zero-order valence-corrected chi connectivity index (χ0v) is 12.4. The van der Waals surface area contributed by atoms with Crippen LogP contribution in [0.4, 0.5) is 5.69 Å². The number of hydrogen-bond acceptors (Lipinski definition) is 3. The van der Waals surface area contributed by atoms with Crippen molar-refractivity contribution in [3.63, 3.8) is 0 Å². The van der Waals surface area contributed by atoms with Crippen LogP contribution in [0.5, 0.6) is 0 Å². The van der Waals surface area contributed by atoms with Crippen molar-refractivity contribution >= 4 is 37.5 Å². The molecule has 5 heteroatoms. The number of rotatable bonds is 3. The van der Waals surface area contributed by atoms with Gasteiger partial charge in [0.2, 0.25) is 0 Å². The van der Waals surface area contributed by atoms with Crippen LogP contribution in [0.1, 0.15) is 11.5 Å². The summed E-state index contributed by atoms with van der Waals surface area (Å²) in [5.74, 6) is 0.789. The van der Waals surface area contributed by atoms with E-state index in [2.05, 4.69) is 47.1 Å². The fraction of sp³-hybridized carbons (Fsp3) is 0.167. The number of aromatic nitrogens is 2. The molecule has 88 valence electrons. The number of halogens is 2. The molecule has 0 fully saturated rings. The summed E-state index contributed by atoms with van der Waals surface area (Å²) in [4.78, 5) is 8.41. The lowest BCUT2D eigenvalue weighted by Crippen LogP contribution is -2.03. The van der Waals surface area contributed by atoms with Crippen LogP contribution < -0.4 is 5.32 Å². The molecule has 0 atom stereocenters. The van der Waals surface area contributed by atoms with E-state index in [4.69, 9.17) is 0 Å². The maximum absolute atomic E-state index is 4.34. The second kappa shape index (κ2) is 5.60. The quantitative estimate of drug-likeness (QED) is 0.905. The van der Waals surface area contributed by atoms with Gasteiger partial charge in [0.05, 0.1) is 12.2 Å². The molecule has 0 spiro atoms. The minimum atomic E-state index is 0.679. The van der Waals surface area contributed by atoms with Gasteiger partial charge in [-0.2, -0.15) is 0 Å². The Morgan fingerprint density at radius 1 is 1.24 bits per heavy atom. The highest BCUT2D eigenvalue weighted by Gasteiger charge is 2.01. The van der Waals surface area contributed by atoms with Gasteiger partial charge < -0.3 is 5.32 Å². The Bertz CT molecular complexity index is 529. The van der Waals surface area contributed by atoms with Gasteiger partial charge >= 0.3 is 0 Å². The van der Waals surface area contributed by atoms with Gasteiger partial charge in [0.15, 0.2) is 0 Å². The third-order valence-electron chi connectivity index (χ3n) is 2.22. The number of hydrogen-bond donors (Lipinski definition) is 1. The predicted octanol–water partition coefficient (Wildman–Crippen LogP) is 3.92. The van der Waals surface area contributed by atoms with Crippen LogP contribution in [0.3, 0.4) is 0 Å². The van der Waals surface area contributed by atoms with Gasteiger partial charge in [0.25, 0.3) is 0 Å². The molecule has 0 saturated carbocycles. The van der Waals surface area contributed by atoms with Gasteiger partial charge in [-0.25, -0.2) is 9.97 Å². The van der Waals surface area contributed by atoms with Gasteiger partial charge in [-0.1, -0.05) is 15.9 Å². The lowest BCUT2D eigenvalue weighted by atomic mass is 10.3. The van der Waals surface area contributed by atoms with Crippen LogP contribution in [0.15, 0.2) is 39.4 Å². The van der Waals surface area contributed by atoms with Crippen molar-refractivity contribution in [2.45, 2.75) is 13.5 Å². The normalized spacial score (nSPS) is 10.3. The largest absolute Gasteiger partial charge is 0.378 e. The first-order valence-electron chi connectivity index (χ1n) is 5.12. The molecule has 3 nitrogen and oxygen atoms in total. The summed E-state index contributed by atoms with van der Waals surface area (Å²) in [6.07, 6.45) is 1.77. The Labute approximate surface area is 117 Å². The van der Waals surface area contributed by atoms with Crippen LogP contribution in [0.2, 0.25) is 0 Å². The molecule has 0 aliphatic rings. The zero-order valence-electron chi connectivity index (χ0n) is 9.24. The molecule has 1 aromatic heterocycles. The van der Waals surface area contributed by atoms with Gasteiger partial charge in [0, 0.05) is 20.8 Å². The van der Waals surface area contributed by atoms with E-state index >= 15 is 0 Å². The lowest BCUT2D eigenvalue weighted by Gasteiger charge is -2.08. The van der Waals surface area contributed by atoms with Crippen molar-refractivity contribution < 1.29 is 0 Å². The van der Waals surface area contributed by atoms with Crippen molar-refractivity contribution in [3.8, 4) is 0 Å². The van der Waals surface area contributed by atoms with Crippen LogP contribution in [0, 0.1) is 6.92 Å². The average Bonchev–Trinajstić information content (AvgIpc) is 2.30. The fourth-order valence-corrected chi connectivity index (χ4v) is 2.17. The summed E-state index contributed by atoms with van der Waals surface area (Å²) in [6.45, 7) is 2.57. The summed E-state index contributed by atoms with van der Waals surface area (Å²) in [5.41, 5.74) is 2.01. The molecule has 0 saturated heterocycles. The van der Waals surface area contributed by atoms with Crippen LogP contribution in [-0.2, 0) is 6.54 Å². The Hall–Kier alpha value is -0.940. The molecule has 0 bridgehead atoms. The lowest BCUT2D eigenvalue weighted by molar-refractivity contribution is 0.955. The molecule has 1 aromatic carbocycles. The highest BCUT2D eigenvalue weighted by atomic mass is 79.9. The molecule has 0 amide bonds. The van der Waals surface area contributed by atoms with E-state index in [0.29, 0.717) is 6.54 Å². The SMILES string of the molecule is Cc1nccc(CNc2cc(Br)ccc2Br)n1. The first kappa shape index (κ1) is 12.5. The fourth-order valence-electron chi connectivity index (χ4n) is 1.42. The first-order valence-corrected chi connectivity index (χ1v) is 6.71. The zero-order chi connectivity index (χ0) is 12.3. The number of nitrogens with zero attached hydrogens (tertiary/aromatic N) is 2. The predicted molar refractivity (Wildman–Crippen MR) is 75.9 cm³/mol. The van der Waals surface area contributed by atoms with Gasteiger partial charge in [-0.3, -0.25) is 0 Å². The third-order valence-corrected chi connectivity index (χ3v) is 3.41. The van der Waals surface area contributed by atoms with E-state index < -0.39 is 0 Å². The van der Waals surface area contributed by atoms with Crippen molar-refractivity contribution in [2.24, 2.45) is 0 Å². The molecule has 1 N–H and O–H groups in total. The molecule has 1 heterocycles. The highest BCUT2D eigenvalue weighted by molar-refractivity contribution is 9.11. The van der Waals surface area contributed by atoms with Crippen LogP contribution in [0.25, 0.3) is 0 Å². The Balaban J connectivity index is 2.09. The summed E-state index contributed by atoms with van der Waals surface area (Å²) in [7, 11) is 0. The van der Waals surface area contributed by atoms with Crippen molar-refractivity contribution in [2.75, 3.05) is 5.32 Å². The second-order valence-electron chi connectivity index (χ2n) is 3.57. The number of nitrogens with one attached hydrogen (secondary N) is 1. The standard InChI is InChI=1S/C12H11Br2N3/c1-8-15-5-4-10(17-8)7-16-12-6-9(13)2-3-11(12)14/h2-6,16H,7H2,1H3. The Morgan fingerprint density at radius 2 is 2.06 bits per heavy atom. The molecule has 0 aliphatic heterocycles. The maximum atomic E-state index is 4.34. The molecular weight excluding hydrogens is 346 g/mol. The summed E-state index contributed by atoms with van der Waals surface area (Å²) >= 11 is 6.95. The number of anilines is 1. The summed E-state index contributed by atoms with van der Waals surface area (Å²) < 4.78 is 2.08. The molecule has 2 rings (SSSR count). The van der Waals surface area contributed by atoms with E-state index in [-0.39, 0.29) is 0 Å². The van der Waals surface area contributed by atoms with Crippen LogP contribution >= 0.6 is 31.9 Å². The van der Waals surface area contributed by atoms with Crippen LogP contribution in [-0.4, -0.2) is 9.97 Å². The highest BCUT2D eigenvalue weighted by Crippen LogP contribution is 2.26. The van der Waals surface area contributed by atoms with E-state index in [1.54, 1.807) is 6.20 Å². The third kappa shape index (κ3) is 3.51. The second-order valence-corrected chi connectivity index (χ2v) is 5.34. The van der Waals surface area contributed by atoms with Crippen molar-refractivity contribution in [1.29, 1.82) is 0 Å². The molecule has 0 aliphatic carbocycles. The van der Waals surface area contributed by atoms with E-state index in [1.807, 2.05) is 31.2 Å². The summed E-state index contributed by atoms with van der Waals surface area (Å²) in [6, 6.07) is 7.92. The summed E-state index contributed by atoms with van der Waals surface area (Å²) in [5, 5.41) is 3.33. The van der Waals surface area contributed by atoms with Crippen molar-refractivity contribution in [1.82, 2.24) is 9.97 Å². The Morgan fingerprint density at radius 3 is 2.82 bits per heavy atom. The van der Waals surface area contributed by atoms with E-state index in [0.717, 1.165) is 26.2 Å². The molecule has 2 aromatic rings. The molecular formula is C12H11Br2N3. The molecule has 17 heavy (non-hydrogen) atoms. The number of aryl methyl sites for hydroxylation is 1.